The zero-order valence-corrected chi connectivity index (χ0v) is 14.1. The summed E-state index contributed by atoms with van der Waals surface area (Å²) >= 11 is 5.93. The Labute approximate surface area is 141 Å². The van der Waals surface area contributed by atoms with Gasteiger partial charge in [0.1, 0.15) is 0 Å². The molecule has 2 atom stereocenters. The molecule has 1 aliphatic rings. The molecule has 0 heterocycles. The van der Waals surface area contributed by atoms with Gasteiger partial charge in [0, 0.05) is 29.4 Å². The molecule has 0 bridgehead atoms. The monoisotopic (exact) mass is 350 g/mol. The molecule has 0 spiro atoms. The van der Waals surface area contributed by atoms with Crippen molar-refractivity contribution < 1.29 is 8.42 Å². The van der Waals surface area contributed by atoms with Crippen LogP contribution in [0.1, 0.15) is 11.5 Å². The average Bonchev–Trinajstić information content (AvgIpc) is 3.27. The molecule has 23 heavy (non-hydrogen) atoms. The van der Waals surface area contributed by atoms with Gasteiger partial charge in [-0.25, -0.2) is 8.42 Å². The van der Waals surface area contributed by atoms with Gasteiger partial charge in [-0.15, -0.1) is 0 Å². The van der Waals surface area contributed by atoms with Gasteiger partial charge in [0.2, 0.25) is 0 Å². The second kappa shape index (κ2) is 5.91. The topological polar surface area (TPSA) is 86.2 Å². The predicted octanol–water partition coefficient (Wildman–Crippen LogP) is 2.18. The molecule has 0 radical (unpaired) electrons. The Balaban J connectivity index is 2.05. The standard InChI is InChI=1S/C17H19ClN2O2S/c18-13-8-6-12(7-9-13)15-16(17(15,10-19)11-20)23(21,22)14-4-2-1-3-5-14/h1-9,15-16H,10-11,19-20H2/t15-,16+/m1/s1. The van der Waals surface area contributed by atoms with Crippen molar-refractivity contribution in [2.45, 2.75) is 16.1 Å². The van der Waals surface area contributed by atoms with E-state index in [1.54, 1.807) is 42.5 Å². The highest BCUT2D eigenvalue weighted by Gasteiger charge is 2.69. The summed E-state index contributed by atoms with van der Waals surface area (Å²) in [7, 11) is -3.50. The van der Waals surface area contributed by atoms with E-state index in [0.717, 1.165) is 5.56 Å². The van der Waals surface area contributed by atoms with Crippen LogP contribution in [0.15, 0.2) is 59.5 Å². The fourth-order valence-corrected chi connectivity index (χ4v) is 6.07. The molecule has 1 saturated carbocycles. The van der Waals surface area contributed by atoms with E-state index in [9.17, 15) is 8.42 Å². The van der Waals surface area contributed by atoms with E-state index in [2.05, 4.69) is 0 Å². The molecule has 6 heteroatoms. The molecule has 2 aromatic rings. The highest BCUT2D eigenvalue weighted by molar-refractivity contribution is 7.92. The van der Waals surface area contributed by atoms with Crippen LogP contribution < -0.4 is 11.5 Å². The van der Waals surface area contributed by atoms with Crippen molar-refractivity contribution in [3.63, 3.8) is 0 Å². The van der Waals surface area contributed by atoms with Crippen LogP contribution in [0.25, 0.3) is 0 Å². The Kier molecular flexibility index (Phi) is 4.23. The molecule has 4 nitrogen and oxygen atoms in total. The van der Waals surface area contributed by atoms with E-state index < -0.39 is 20.5 Å². The second-order valence-corrected chi connectivity index (χ2v) is 8.46. The lowest BCUT2D eigenvalue weighted by atomic mass is 9.99. The van der Waals surface area contributed by atoms with Crippen LogP contribution in [0.4, 0.5) is 0 Å². The average molecular weight is 351 g/mol. The highest BCUT2D eigenvalue weighted by Crippen LogP contribution is 2.62. The summed E-state index contributed by atoms with van der Waals surface area (Å²) in [5.74, 6) is -0.208. The smallest absolute Gasteiger partial charge is 0.182 e. The summed E-state index contributed by atoms with van der Waals surface area (Å²) < 4.78 is 26.1. The Morgan fingerprint density at radius 2 is 1.52 bits per heavy atom. The van der Waals surface area contributed by atoms with Crippen LogP contribution >= 0.6 is 11.6 Å². The van der Waals surface area contributed by atoms with Crippen molar-refractivity contribution in [2.24, 2.45) is 16.9 Å². The molecule has 1 aliphatic carbocycles. The van der Waals surface area contributed by atoms with Crippen molar-refractivity contribution in [3.8, 4) is 0 Å². The van der Waals surface area contributed by atoms with Crippen LogP contribution in [0.3, 0.4) is 0 Å². The molecule has 3 rings (SSSR count). The first-order chi connectivity index (χ1) is 11.0. The van der Waals surface area contributed by atoms with E-state index in [1.807, 2.05) is 12.1 Å². The van der Waals surface area contributed by atoms with Gasteiger partial charge < -0.3 is 11.5 Å². The van der Waals surface area contributed by atoms with Crippen LogP contribution in [-0.4, -0.2) is 26.8 Å². The Morgan fingerprint density at radius 1 is 0.957 bits per heavy atom. The van der Waals surface area contributed by atoms with Gasteiger partial charge in [0.15, 0.2) is 9.84 Å². The zero-order chi connectivity index (χ0) is 16.7. The number of nitrogens with two attached hydrogens (primary N) is 2. The van der Waals surface area contributed by atoms with Gasteiger partial charge >= 0.3 is 0 Å². The number of sulfone groups is 1. The third kappa shape index (κ3) is 2.58. The lowest BCUT2D eigenvalue weighted by Gasteiger charge is -2.13. The van der Waals surface area contributed by atoms with Crippen molar-refractivity contribution in [2.75, 3.05) is 13.1 Å². The molecule has 0 saturated heterocycles. The maximum Gasteiger partial charge on any atom is 0.182 e. The number of hydrogen-bond donors (Lipinski definition) is 2. The first-order valence-electron chi connectivity index (χ1n) is 7.42. The molecule has 0 aliphatic heterocycles. The van der Waals surface area contributed by atoms with E-state index in [0.29, 0.717) is 9.92 Å². The maximum absolute atomic E-state index is 13.0. The first-order valence-corrected chi connectivity index (χ1v) is 9.34. The molecule has 122 valence electrons. The number of hydrogen-bond acceptors (Lipinski definition) is 4. The van der Waals surface area contributed by atoms with E-state index in [1.165, 1.54) is 0 Å². The van der Waals surface area contributed by atoms with E-state index in [4.69, 9.17) is 23.1 Å². The van der Waals surface area contributed by atoms with Crippen molar-refractivity contribution in [1.29, 1.82) is 0 Å². The summed E-state index contributed by atoms with van der Waals surface area (Å²) in [6.45, 7) is 0.459. The zero-order valence-electron chi connectivity index (χ0n) is 12.5. The van der Waals surface area contributed by atoms with Crippen LogP contribution in [-0.2, 0) is 9.84 Å². The number of benzene rings is 2. The summed E-state index contributed by atoms with van der Waals surface area (Å²) in [5, 5.41) is 0.0107. The summed E-state index contributed by atoms with van der Waals surface area (Å²) in [5.41, 5.74) is 12.2. The normalized spacial score (nSPS) is 22.7. The fraction of sp³-hybridized carbons (Fsp3) is 0.294. The summed E-state index contributed by atoms with van der Waals surface area (Å²) in [4.78, 5) is 0.313. The second-order valence-electron chi connectivity index (χ2n) is 5.95. The van der Waals surface area contributed by atoms with Crippen molar-refractivity contribution in [1.82, 2.24) is 0 Å². The Hall–Kier alpha value is -1.40. The maximum atomic E-state index is 13.0. The predicted molar refractivity (Wildman–Crippen MR) is 92.2 cm³/mol. The SMILES string of the molecule is NCC1(CN)[C@H](c2ccc(Cl)cc2)[C@@H]1S(=O)(=O)c1ccccc1. The third-order valence-corrected chi connectivity index (χ3v) is 7.37. The highest BCUT2D eigenvalue weighted by atomic mass is 35.5. The van der Waals surface area contributed by atoms with Crippen molar-refractivity contribution in [3.05, 3.63) is 65.2 Å². The minimum atomic E-state index is -3.50. The Morgan fingerprint density at radius 3 is 2.04 bits per heavy atom. The van der Waals surface area contributed by atoms with Crippen molar-refractivity contribution >= 4 is 21.4 Å². The fourth-order valence-electron chi connectivity index (χ4n) is 3.44. The molecule has 4 N–H and O–H groups in total. The molecular formula is C17H19ClN2O2S. The minimum absolute atomic E-state index is 0.208. The largest absolute Gasteiger partial charge is 0.330 e. The van der Waals surface area contributed by atoms with Crippen LogP contribution in [0, 0.1) is 5.41 Å². The van der Waals surface area contributed by atoms with Crippen LogP contribution in [0.2, 0.25) is 5.02 Å². The number of halogens is 1. The van der Waals surface area contributed by atoms with Gasteiger partial charge in [-0.3, -0.25) is 0 Å². The summed E-state index contributed by atoms with van der Waals surface area (Å²) in [6.07, 6.45) is 0. The van der Waals surface area contributed by atoms with Gasteiger partial charge in [-0.1, -0.05) is 41.9 Å². The molecule has 0 amide bonds. The first kappa shape index (κ1) is 16.5. The Bertz CT molecular complexity index is 787. The quantitative estimate of drug-likeness (QED) is 0.865. The third-order valence-electron chi connectivity index (χ3n) is 4.77. The molecule has 0 unspecified atom stereocenters. The van der Waals surface area contributed by atoms with E-state index in [-0.39, 0.29) is 19.0 Å². The molecule has 0 aromatic heterocycles. The molecule has 1 fully saturated rings. The van der Waals surface area contributed by atoms with Crippen LogP contribution in [0.5, 0.6) is 0 Å². The molecular weight excluding hydrogens is 332 g/mol. The molecule has 2 aromatic carbocycles. The van der Waals surface area contributed by atoms with Gasteiger partial charge in [0.25, 0.3) is 0 Å². The van der Waals surface area contributed by atoms with Gasteiger partial charge in [-0.05, 0) is 29.8 Å². The minimum Gasteiger partial charge on any atom is -0.330 e. The lowest BCUT2D eigenvalue weighted by molar-refractivity contribution is 0.510. The van der Waals surface area contributed by atoms with E-state index >= 15 is 0 Å². The summed E-state index contributed by atoms with van der Waals surface area (Å²) in [6, 6.07) is 15.7. The van der Waals surface area contributed by atoms with Gasteiger partial charge in [-0.2, -0.15) is 0 Å². The van der Waals surface area contributed by atoms with Gasteiger partial charge in [0.05, 0.1) is 10.1 Å². The lowest BCUT2D eigenvalue weighted by Crippen LogP contribution is -2.31. The number of rotatable bonds is 5.